The fraction of sp³-hybridized carbons (Fsp3) is 0.464. The third-order valence-electron chi connectivity index (χ3n) is 6.23. The first-order chi connectivity index (χ1) is 19.1. The average Bonchev–Trinajstić information content (AvgIpc) is 2.97. The molecule has 11 heteroatoms. The molecule has 0 aliphatic carbocycles. The van der Waals surface area contributed by atoms with Crippen LogP contribution in [-0.4, -0.2) is 85.9 Å². The molecule has 1 fully saturated rings. The summed E-state index contributed by atoms with van der Waals surface area (Å²) in [4.78, 5) is 27.0. The van der Waals surface area contributed by atoms with Gasteiger partial charge in [0.1, 0.15) is 0 Å². The summed E-state index contributed by atoms with van der Waals surface area (Å²) in [5, 5.41) is 8.73. The number of benzene rings is 2. The van der Waals surface area contributed by atoms with Gasteiger partial charge in [-0.2, -0.15) is 5.10 Å². The van der Waals surface area contributed by atoms with Crippen molar-refractivity contribution in [1.82, 2.24) is 9.91 Å². The van der Waals surface area contributed by atoms with Crippen LogP contribution >= 0.6 is 11.8 Å². The number of anilines is 1. The van der Waals surface area contributed by atoms with Crippen molar-refractivity contribution < 1.29 is 28.5 Å². The van der Waals surface area contributed by atoms with E-state index in [9.17, 15) is 9.59 Å². The summed E-state index contributed by atoms with van der Waals surface area (Å²) in [6.07, 6.45) is 1.18. The second-order valence-corrected chi connectivity index (χ2v) is 10.1. The minimum Gasteiger partial charge on any atom is -0.493 e. The molecule has 2 aromatic carbocycles. The first-order valence-electron chi connectivity index (χ1n) is 13.2. The molecule has 2 aliphatic heterocycles. The molecule has 210 valence electrons. The molecule has 0 atom stereocenters. The fourth-order valence-electron chi connectivity index (χ4n) is 4.14. The smallest absolute Gasteiger partial charge is 0.411 e. The standard InChI is InChI=1S/C28H36N4O6S/c1-3-14-37-26-18-22(7-10-25(26)35-2)24-20-39-28(34)32(30-24)19-21-5-8-23(9-6-21)29-27(33)38-15-4-11-31-12-16-36-17-13-31/h5-10,18H,3-4,11-17,19-20H2,1-2H3,(H,29,33). The van der Waals surface area contributed by atoms with Gasteiger partial charge in [0.05, 0.1) is 45.8 Å². The van der Waals surface area contributed by atoms with Crippen molar-refractivity contribution in [2.24, 2.45) is 5.10 Å². The quantitative estimate of drug-likeness (QED) is 0.371. The van der Waals surface area contributed by atoms with Crippen LogP contribution < -0.4 is 14.8 Å². The number of amides is 2. The molecule has 39 heavy (non-hydrogen) atoms. The number of methoxy groups -OCH3 is 1. The number of carbonyl (C=O) groups excluding carboxylic acids is 2. The van der Waals surface area contributed by atoms with Crippen molar-refractivity contribution >= 4 is 34.5 Å². The highest BCUT2D eigenvalue weighted by Gasteiger charge is 2.23. The van der Waals surface area contributed by atoms with Gasteiger partial charge < -0.3 is 18.9 Å². The summed E-state index contributed by atoms with van der Waals surface area (Å²) >= 11 is 1.21. The lowest BCUT2D eigenvalue weighted by molar-refractivity contribution is 0.0348. The van der Waals surface area contributed by atoms with Crippen LogP contribution in [0.15, 0.2) is 47.6 Å². The van der Waals surface area contributed by atoms with Gasteiger partial charge in [0.15, 0.2) is 11.5 Å². The van der Waals surface area contributed by atoms with E-state index >= 15 is 0 Å². The third kappa shape index (κ3) is 8.61. The number of hydrazone groups is 1. The lowest BCUT2D eigenvalue weighted by Crippen LogP contribution is -2.37. The molecule has 0 unspecified atom stereocenters. The molecule has 2 aliphatic rings. The van der Waals surface area contributed by atoms with E-state index in [1.165, 1.54) is 16.8 Å². The van der Waals surface area contributed by atoms with Gasteiger partial charge in [-0.3, -0.25) is 15.0 Å². The van der Waals surface area contributed by atoms with Gasteiger partial charge in [0.2, 0.25) is 0 Å². The number of thioether (sulfide) groups is 1. The minimum atomic E-state index is -0.483. The number of ether oxygens (including phenoxy) is 4. The van der Waals surface area contributed by atoms with Gasteiger partial charge in [0, 0.05) is 36.6 Å². The number of hydrogen-bond acceptors (Lipinski definition) is 9. The zero-order valence-corrected chi connectivity index (χ0v) is 23.3. The number of rotatable bonds is 12. The summed E-state index contributed by atoms with van der Waals surface area (Å²) in [5.74, 6) is 1.80. The lowest BCUT2D eigenvalue weighted by Gasteiger charge is -2.26. The Bertz CT molecular complexity index is 1140. The highest BCUT2D eigenvalue weighted by Crippen LogP contribution is 2.30. The van der Waals surface area contributed by atoms with Crippen LogP contribution in [0.25, 0.3) is 0 Å². The van der Waals surface area contributed by atoms with Crippen molar-refractivity contribution in [1.29, 1.82) is 0 Å². The van der Waals surface area contributed by atoms with E-state index in [0.29, 0.717) is 42.7 Å². The number of nitrogens with one attached hydrogen (secondary N) is 1. The van der Waals surface area contributed by atoms with Gasteiger partial charge in [-0.05, 0) is 48.7 Å². The minimum absolute atomic E-state index is 0.113. The van der Waals surface area contributed by atoms with Gasteiger partial charge >= 0.3 is 11.3 Å². The monoisotopic (exact) mass is 556 g/mol. The molecule has 2 aromatic rings. The van der Waals surface area contributed by atoms with E-state index in [1.54, 1.807) is 19.2 Å². The summed E-state index contributed by atoms with van der Waals surface area (Å²) in [5.41, 5.74) is 3.19. The Morgan fingerprint density at radius 3 is 2.64 bits per heavy atom. The van der Waals surface area contributed by atoms with Crippen LogP contribution in [0.3, 0.4) is 0 Å². The molecule has 1 saturated heterocycles. The van der Waals surface area contributed by atoms with E-state index in [2.05, 4.69) is 15.3 Å². The third-order valence-corrected chi connectivity index (χ3v) is 7.11. The Labute approximate surface area is 233 Å². The largest absolute Gasteiger partial charge is 0.493 e. The highest BCUT2D eigenvalue weighted by atomic mass is 32.2. The van der Waals surface area contributed by atoms with Crippen LogP contribution in [0.4, 0.5) is 15.3 Å². The predicted molar refractivity (Wildman–Crippen MR) is 152 cm³/mol. The Hall–Kier alpha value is -3.28. The number of nitrogens with zero attached hydrogens (tertiary/aromatic N) is 3. The van der Waals surface area contributed by atoms with Gasteiger partial charge in [0.25, 0.3) is 0 Å². The van der Waals surface area contributed by atoms with E-state index in [-0.39, 0.29) is 5.24 Å². The van der Waals surface area contributed by atoms with E-state index < -0.39 is 6.09 Å². The van der Waals surface area contributed by atoms with Crippen LogP contribution in [0.5, 0.6) is 11.5 Å². The predicted octanol–water partition coefficient (Wildman–Crippen LogP) is 4.83. The molecule has 0 bridgehead atoms. The second kappa shape index (κ2) is 14.8. The maximum Gasteiger partial charge on any atom is 0.411 e. The molecule has 10 nitrogen and oxygen atoms in total. The van der Waals surface area contributed by atoms with Crippen LogP contribution in [-0.2, 0) is 16.0 Å². The Balaban J connectivity index is 1.29. The maximum atomic E-state index is 12.6. The molecule has 0 spiro atoms. The van der Waals surface area contributed by atoms with Crippen molar-refractivity contribution in [3.63, 3.8) is 0 Å². The molecule has 4 rings (SSSR count). The summed E-state index contributed by atoms with van der Waals surface area (Å²) in [6.45, 7) is 7.55. The Kier molecular flexibility index (Phi) is 10.9. The first-order valence-corrected chi connectivity index (χ1v) is 14.2. The van der Waals surface area contributed by atoms with Gasteiger partial charge in [-0.25, -0.2) is 9.80 Å². The second-order valence-electron chi connectivity index (χ2n) is 9.14. The number of carbonyl (C=O) groups is 2. The van der Waals surface area contributed by atoms with Crippen LogP contribution in [0.1, 0.15) is 30.9 Å². The molecular formula is C28H36N4O6S. The normalized spacial score (nSPS) is 16.0. The average molecular weight is 557 g/mol. The van der Waals surface area contributed by atoms with E-state index in [1.807, 2.05) is 37.3 Å². The number of morpholine rings is 1. The van der Waals surface area contributed by atoms with Gasteiger partial charge in [-0.1, -0.05) is 30.8 Å². The number of hydrogen-bond donors (Lipinski definition) is 1. The molecule has 0 aromatic heterocycles. The zero-order valence-electron chi connectivity index (χ0n) is 22.5. The van der Waals surface area contributed by atoms with Crippen molar-refractivity contribution in [2.75, 3.05) is 64.2 Å². The molecule has 0 saturated carbocycles. The zero-order chi connectivity index (χ0) is 27.5. The van der Waals surface area contributed by atoms with Crippen molar-refractivity contribution in [3.8, 4) is 11.5 Å². The Morgan fingerprint density at radius 1 is 1.10 bits per heavy atom. The van der Waals surface area contributed by atoms with E-state index in [0.717, 1.165) is 62.5 Å². The molecule has 0 radical (unpaired) electrons. The SMILES string of the molecule is CCCOc1cc(C2=NN(Cc3ccc(NC(=O)OCCCN4CCOCC4)cc3)C(=O)SC2)ccc1OC. The van der Waals surface area contributed by atoms with E-state index in [4.69, 9.17) is 18.9 Å². The summed E-state index contributed by atoms with van der Waals surface area (Å²) in [7, 11) is 1.61. The van der Waals surface area contributed by atoms with Crippen molar-refractivity contribution in [3.05, 3.63) is 53.6 Å². The van der Waals surface area contributed by atoms with Crippen LogP contribution in [0.2, 0.25) is 0 Å². The molecule has 2 amide bonds. The highest BCUT2D eigenvalue weighted by molar-refractivity contribution is 8.14. The van der Waals surface area contributed by atoms with Crippen molar-refractivity contribution in [2.45, 2.75) is 26.3 Å². The van der Waals surface area contributed by atoms with Crippen LogP contribution in [0, 0.1) is 0 Å². The Morgan fingerprint density at radius 2 is 1.90 bits per heavy atom. The molecular weight excluding hydrogens is 520 g/mol. The fourth-order valence-corrected chi connectivity index (χ4v) is 4.88. The van der Waals surface area contributed by atoms with Gasteiger partial charge in [-0.15, -0.1) is 0 Å². The summed E-state index contributed by atoms with van der Waals surface area (Å²) < 4.78 is 21.9. The lowest BCUT2D eigenvalue weighted by atomic mass is 10.1. The molecule has 1 N–H and O–H groups in total. The maximum absolute atomic E-state index is 12.6. The first kappa shape index (κ1) is 28.7. The topological polar surface area (TPSA) is 102 Å². The molecule has 2 heterocycles. The summed E-state index contributed by atoms with van der Waals surface area (Å²) in [6, 6.07) is 13.0.